The first-order chi connectivity index (χ1) is 34.7. The fourth-order valence-electron chi connectivity index (χ4n) is 10.7. The van der Waals surface area contributed by atoms with E-state index in [1.54, 1.807) is 0 Å². The van der Waals surface area contributed by atoms with Gasteiger partial charge in [-0.1, -0.05) is 164 Å². The van der Waals surface area contributed by atoms with Crippen molar-refractivity contribution in [2.24, 2.45) is 0 Å². The second-order valence-corrected chi connectivity index (χ2v) is 18.1. The number of hydrogen-bond acceptors (Lipinski definition) is 2. The predicted octanol–water partition coefficient (Wildman–Crippen LogP) is 16.1. The molecule has 0 unspecified atom stereocenters. The van der Waals surface area contributed by atoms with Gasteiger partial charge in [-0.25, -0.2) is 15.0 Å². The van der Waals surface area contributed by atoms with Crippen LogP contribution in [0.5, 0.6) is 0 Å². The number of H-pyrrole nitrogens is 1. The molecule has 14 aromatic rings. The van der Waals surface area contributed by atoms with Crippen LogP contribution in [-0.4, -0.2) is 19.5 Å². The van der Waals surface area contributed by atoms with Crippen LogP contribution in [0.15, 0.2) is 249 Å². The van der Waals surface area contributed by atoms with Gasteiger partial charge >= 0.3 is 0 Å². The molecule has 5 nitrogen and oxygen atoms in total. The third-order valence-corrected chi connectivity index (χ3v) is 14.0. The molecular formula is C65H42N5+. The standard InChI is InChI=1S/C65H41N5/c1-2-18-48(19-3-1)69-62-28-14-12-26-58(62)67-64(69)43-30-32-44(33-31-43)65-68-59-27-13-15-29-63(59)70(65)49-36-34-42(35-37-49)60-40-47(56-38-45-16-4-6-20-50(45)52-22-8-10-24-54(52)56)41-61(66-60)57-39-46-17-5-7-21-51(46)53-23-9-11-25-55(53)57/h1-41H/p+1. The Labute approximate surface area is 403 Å². The molecule has 0 fully saturated rings. The number of hydrogen-bond donors (Lipinski definition) is 1. The average Bonchev–Trinajstić information content (AvgIpc) is 4.03. The van der Waals surface area contributed by atoms with Crippen LogP contribution in [-0.2, 0) is 0 Å². The van der Waals surface area contributed by atoms with E-state index in [9.17, 15) is 0 Å². The maximum atomic E-state index is 5.56. The summed E-state index contributed by atoms with van der Waals surface area (Å²) in [4.78, 5) is 14.5. The molecule has 11 aromatic carbocycles. The summed E-state index contributed by atoms with van der Waals surface area (Å²) in [6, 6.07) is 89.1. The van der Waals surface area contributed by atoms with E-state index < -0.39 is 0 Å². The van der Waals surface area contributed by atoms with Gasteiger partial charge < -0.3 is 0 Å². The Hall–Kier alpha value is -9.45. The molecule has 0 aliphatic heterocycles. The summed E-state index contributed by atoms with van der Waals surface area (Å²) in [6.45, 7) is 0. The molecule has 0 bridgehead atoms. The van der Waals surface area contributed by atoms with E-state index >= 15 is 0 Å². The molecule has 3 heterocycles. The minimum absolute atomic E-state index is 0.877. The van der Waals surface area contributed by atoms with Gasteiger partial charge in [0.05, 0.1) is 28.0 Å². The molecule has 326 valence electrons. The van der Waals surface area contributed by atoms with E-state index in [-0.39, 0.29) is 0 Å². The molecular weight excluding hydrogens is 851 g/mol. The van der Waals surface area contributed by atoms with E-state index in [1.807, 2.05) is 0 Å². The highest BCUT2D eigenvalue weighted by molar-refractivity contribution is 6.15. The normalized spacial score (nSPS) is 11.7. The van der Waals surface area contributed by atoms with Crippen LogP contribution in [0.3, 0.4) is 0 Å². The number of rotatable bonds is 7. The van der Waals surface area contributed by atoms with Crippen LogP contribution < -0.4 is 4.57 Å². The van der Waals surface area contributed by atoms with Crippen molar-refractivity contribution >= 4 is 65.2 Å². The maximum Gasteiger partial charge on any atom is 0.292 e. The largest absolute Gasteiger partial charge is 0.292 e. The molecule has 0 amide bonds. The summed E-state index contributed by atoms with van der Waals surface area (Å²) < 4.78 is 4.57. The Kier molecular flexibility index (Phi) is 9.14. The summed E-state index contributed by atoms with van der Waals surface area (Å²) in [6.07, 6.45) is 0. The van der Waals surface area contributed by atoms with Crippen molar-refractivity contribution in [3.05, 3.63) is 249 Å². The first-order valence-electron chi connectivity index (χ1n) is 23.8. The highest BCUT2D eigenvalue weighted by Gasteiger charge is 2.23. The Morgan fingerprint density at radius 3 is 1.64 bits per heavy atom. The minimum Gasteiger partial charge on any atom is -0.292 e. The van der Waals surface area contributed by atoms with Gasteiger partial charge in [-0.05, 0) is 139 Å². The highest BCUT2D eigenvalue weighted by Crippen LogP contribution is 2.41. The van der Waals surface area contributed by atoms with E-state index in [1.165, 1.54) is 48.7 Å². The van der Waals surface area contributed by atoms with Crippen LogP contribution in [0, 0.1) is 0 Å². The Balaban J connectivity index is 0.909. The third kappa shape index (κ3) is 6.51. The molecule has 0 saturated carbocycles. The number of fused-ring (bicyclic) bond motifs is 8. The van der Waals surface area contributed by atoms with Crippen LogP contribution in [0.25, 0.3) is 133 Å². The van der Waals surface area contributed by atoms with Crippen LogP contribution >= 0.6 is 0 Å². The van der Waals surface area contributed by atoms with Gasteiger partial charge in [-0.15, -0.1) is 0 Å². The van der Waals surface area contributed by atoms with Gasteiger partial charge in [0.1, 0.15) is 11.5 Å². The Bertz CT molecular complexity index is 4200. The Morgan fingerprint density at radius 2 is 0.914 bits per heavy atom. The van der Waals surface area contributed by atoms with E-state index in [0.717, 1.165) is 84.3 Å². The minimum atomic E-state index is 0.877. The fourth-order valence-corrected chi connectivity index (χ4v) is 10.7. The van der Waals surface area contributed by atoms with Crippen LogP contribution in [0.1, 0.15) is 0 Å². The molecule has 0 radical (unpaired) electrons. The molecule has 0 atom stereocenters. The van der Waals surface area contributed by atoms with Crippen molar-refractivity contribution in [1.82, 2.24) is 19.5 Å². The smallest absolute Gasteiger partial charge is 0.292 e. The van der Waals surface area contributed by atoms with Gasteiger partial charge in [0.2, 0.25) is 0 Å². The zero-order valence-electron chi connectivity index (χ0n) is 38.0. The van der Waals surface area contributed by atoms with Gasteiger partial charge in [0.25, 0.3) is 5.82 Å². The predicted molar refractivity (Wildman–Crippen MR) is 289 cm³/mol. The van der Waals surface area contributed by atoms with Gasteiger partial charge in [-0.2, -0.15) is 4.57 Å². The number of nitrogens with zero attached hydrogens (tertiary/aromatic N) is 4. The summed E-state index contributed by atoms with van der Waals surface area (Å²) >= 11 is 0. The van der Waals surface area contributed by atoms with Gasteiger partial charge in [-0.3, -0.25) is 4.57 Å². The van der Waals surface area contributed by atoms with Crippen LogP contribution in [0.2, 0.25) is 0 Å². The van der Waals surface area contributed by atoms with Crippen molar-refractivity contribution in [2.45, 2.75) is 0 Å². The van der Waals surface area contributed by atoms with Crippen molar-refractivity contribution < 1.29 is 4.57 Å². The molecule has 3 aromatic heterocycles. The number of aromatic nitrogens is 5. The summed E-state index contributed by atoms with van der Waals surface area (Å²) in [5.74, 6) is 1.90. The molecule has 14 rings (SSSR count). The van der Waals surface area contributed by atoms with Crippen LogP contribution in [0.4, 0.5) is 0 Å². The number of aromatic amines is 1. The monoisotopic (exact) mass is 892 g/mol. The molecule has 0 saturated heterocycles. The molecule has 1 N–H and O–H groups in total. The summed E-state index contributed by atoms with van der Waals surface area (Å²) in [5, 5.41) is 9.74. The van der Waals surface area contributed by atoms with Gasteiger partial charge in [0.15, 0.2) is 11.0 Å². The topological polar surface area (TPSA) is 50.4 Å². The SMILES string of the molecule is c1ccc(-[n+]2c(-c3ccc(-c4nc5ccccc5n4-c4ccc(-c5cc(-c6cc7ccccc7c7ccccc67)cc(-c6cc7ccccc7c7ccccc67)n5)cc4)cc3)[nH]c3ccccc32)cc1. The number of benzene rings is 11. The zero-order chi connectivity index (χ0) is 46.1. The molecule has 5 heteroatoms. The summed E-state index contributed by atoms with van der Waals surface area (Å²) in [7, 11) is 0. The lowest BCUT2D eigenvalue weighted by Crippen LogP contribution is -2.31. The Morgan fingerprint density at radius 1 is 0.371 bits per heavy atom. The first-order valence-corrected chi connectivity index (χ1v) is 23.8. The number of nitrogens with one attached hydrogen (secondary N) is 1. The number of imidazole rings is 2. The maximum absolute atomic E-state index is 5.56. The van der Waals surface area contributed by atoms with E-state index in [2.05, 4.69) is 263 Å². The van der Waals surface area contributed by atoms with Crippen molar-refractivity contribution in [1.29, 1.82) is 0 Å². The highest BCUT2D eigenvalue weighted by atomic mass is 15.1. The average molecular weight is 893 g/mol. The van der Waals surface area contributed by atoms with E-state index in [4.69, 9.17) is 9.97 Å². The molecule has 0 aliphatic rings. The van der Waals surface area contributed by atoms with E-state index in [0.29, 0.717) is 0 Å². The van der Waals surface area contributed by atoms with Crippen molar-refractivity contribution in [3.8, 4) is 67.8 Å². The lowest BCUT2D eigenvalue weighted by Gasteiger charge is -2.16. The second-order valence-electron chi connectivity index (χ2n) is 18.1. The molecule has 70 heavy (non-hydrogen) atoms. The van der Waals surface area contributed by atoms with Gasteiger partial charge in [0, 0.05) is 22.4 Å². The third-order valence-electron chi connectivity index (χ3n) is 14.0. The fraction of sp³-hybridized carbons (Fsp3) is 0. The summed E-state index contributed by atoms with van der Waals surface area (Å²) in [5.41, 5.74) is 14.7. The number of pyridine rings is 1. The second kappa shape index (κ2) is 16.1. The molecule has 0 spiro atoms. The molecule has 0 aliphatic carbocycles. The zero-order valence-corrected chi connectivity index (χ0v) is 38.0. The number of para-hydroxylation sites is 5. The quantitative estimate of drug-likeness (QED) is 0.128. The van der Waals surface area contributed by atoms with Crippen molar-refractivity contribution in [2.75, 3.05) is 0 Å². The lowest BCUT2D eigenvalue weighted by atomic mass is 9.91. The first kappa shape index (κ1) is 39.7. The van der Waals surface area contributed by atoms with Crippen molar-refractivity contribution in [3.63, 3.8) is 0 Å². The lowest BCUT2D eigenvalue weighted by molar-refractivity contribution is -0.554.